The lowest BCUT2D eigenvalue weighted by atomic mass is 10.00. The summed E-state index contributed by atoms with van der Waals surface area (Å²) in [6, 6.07) is -0.820. The Balaban J connectivity index is 2.64. The normalized spacial score (nSPS) is 21.5. The van der Waals surface area contributed by atoms with E-state index in [1.165, 1.54) is 0 Å². The molecule has 104 valence electrons. The molecule has 0 aromatic heterocycles. The van der Waals surface area contributed by atoms with Gasteiger partial charge >= 0.3 is 0 Å². The molecule has 1 rings (SSSR count). The van der Waals surface area contributed by atoms with Crippen LogP contribution >= 0.6 is 11.8 Å². The number of rotatable bonds is 5. The van der Waals surface area contributed by atoms with Crippen molar-refractivity contribution in [3.8, 4) is 0 Å². The van der Waals surface area contributed by atoms with Crippen LogP contribution in [0, 0.1) is 0 Å². The second-order valence-electron chi connectivity index (χ2n) is 4.55. The summed E-state index contributed by atoms with van der Waals surface area (Å²) in [5.41, 5.74) is 5.90. The summed E-state index contributed by atoms with van der Waals surface area (Å²) in [5.74, 6) is 0.697. The van der Waals surface area contributed by atoms with E-state index < -0.39 is 6.04 Å². The van der Waals surface area contributed by atoms with Gasteiger partial charge in [0.05, 0.1) is 6.04 Å². The highest BCUT2D eigenvalue weighted by molar-refractivity contribution is 7.98. The molecule has 0 bridgehead atoms. The van der Waals surface area contributed by atoms with Crippen LogP contribution < -0.4 is 11.1 Å². The molecule has 0 aromatic rings. The number of piperidine rings is 1. The summed E-state index contributed by atoms with van der Waals surface area (Å²) in [5, 5.41) is 2.62. The monoisotopic (exact) mass is 273 g/mol. The van der Waals surface area contributed by atoms with E-state index in [-0.39, 0.29) is 17.9 Å². The van der Waals surface area contributed by atoms with Crippen molar-refractivity contribution in [1.82, 2.24) is 10.2 Å². The average Bonchev–Trinajstić information content (AvgIpc) is 2.43. The zero-order valence-corrected chi connectivity index (χ0v) is 12.0. The van der Waals surface area contributed by atoms with Crippen molar-refractivity contribution >= 4 is 23.6 Å². The summed E-state index contributed by atoms with van der Waals surface area (Å²) in [4.78, 5) is 25.7. The fraction of sp³-hybridized carbons (Fsp3) is 0.833. The number of hydrogen-bond donors (Lipinski definition) is 2. The highest BCUT2D eigenvalue weighted by Crippen LogP contribution is 2.18. The highest BCUT2D eigenvalue weighted by atomic mass is 32.2. The van der Waals surface area contributed by atoms with Gasteiger partial charge in [-0.25, -0.2) is 0 Å². The molecule has 18 heavy (non-hydrogen) atoms. The molecule has 1 aliphatic rings. The van der Waals surface area contributed by atoms with Gasteiger partial charge in [0.1, 0.15) is 6.04 Å². The Labute approximate surface area is 113 Å². The van der Waals surface area contributed by atoms with Gasteiger partial charge < -0.3 is 16.0 Å². The van der Waals surface area contributed by atoms with Crippen LogP contribution in [0.3, 0.4) is 0 Å². The molecule has 1 saturated heterocycles. The first-order chi connectivity index (χ1) is 8.61. The lowest BCUT2D eigenvalue weighted by molar-refractivity contribution is -0.143. The Morgan fingerprint density at radius 1 is 1.50 bits per heavy atom. The number of hydrogen-bond acceptors (Lipinski definition) is 4. The van der Waals surface area contributed by atoms with Crippen molar-refractivity contribution < 1.29 is 9.59 Å². The van der Waals surface area contributed by atoms with Gasteiger partial charge in [0.2, 0.25) is 11.8 Å². The first-order valence-corrected chi connectivity index (χ1v) is 7.77. The van der Waals surface area contributed by atoms with Gasteiger partial charge in [-0.2, -0.15) is 11.8 Å². The molecule has 5 nitrogen and oxygen atoms in total. The second kappa shape index (κ2) is 7.63. The summed E-state index contributed by atoms with van der Waals surface area (Å²) in [6.45, 7) is 0.643. The number of nitrogens with two attached hydrogens (primary N) is 1. The van der Waals surface area contributed by atoms with Crippen LogP contribution in [0.25, 0.3) is 0 Å². The number of thioether (sulfide) groups is 1. The lowest BCUT2D eigenvalue weighted by Crippen LogP contribution is -2.55. The van der Waals surface area contributed by atoms with E-state index in [0.29, 0.717) is 13.0 Å². The predicted molar refractivity (Wildman–Crippen MR) is 74.4 cm³/mol. The van der Waals surface area contributed by atoms with Crippen molar-refractivity contribution in [2.75, 3.05) is 25.6 Å². The van der Waals surface area contributed by atoms with Crippen LogP contribution in [0.5, 0.6) is 0 Å². The van der Waals surface area contributed by atoms with E-state index in [1.54, 1.807) is 23.7 Å². The molecule has 0 aliphatic carbocycles. The highest BCUT2D eigenvalue weighted by Gasteiger charge is 2.33. The molecular formula is C12H23N3O2S. The number of carbonyl (C=O) groups excluding carboxylic acids is 2. The van der Waals surface area contributed by atoms with E-state index in [9.17, 15) is 9.59 Å². The number of likely N-dealkylation sites (tertiary alicyclic amines) is 1. The van der Waals surface area contributed by atoms with Crippen LogP contribution in [0.4, 0.5) is 0 Å². The quantitative estimate of drug-likeness (QED) is 0.750. The molecule has 1 unspecified atom stereocenters. The summed E-state index contributed by atoms with van der Waals surface area (Å²) in [6.07, 6.45) is 5.33. The van der Waals surface area contributed by atoms with Crippen LogP contribution in [0.2, 0.25) is 0 Å². The van der Waals surface area contributed by atoms with E-state index in [0.717, 1.165) is 25.0 Å². The average molecular weight is 273 g/mol. The molecule has 6 heteroatoms. The van der Waals surface area contributed by atoms with E-state index in [1.807, 2.05) is 6.26 Å². The smallest absolute Gasteiger partial charge is 0.242 e. The Hall–Kier alpha value is -0.750. The first kappa shape index (κ1) is 15.3. The topological polar surface area (TPSA) is 75.4 Å². The van der Waals surface area contributed by atoms with E-state index in [4.69, 9.17) is 5.73 Å². The second-order valence-corrected chi connectivity index (χ2v) is 5.53. The Bertz CT molecular complexity index is 299. The standard InChI is InChI=1S/C12H23N3O2S/c1-14-11(16)10-5-3-4-7-15(10)12(17)9(13)6-8-18-2/h9-10H,3-8,13H2,1-2H3,(H,14,16)/t9-,10?/m1/s1. The third-order valence-electron chi connectivity index (χ3n) is 3.29. The number of amides is 2. The summed E-state index contributed by atoms with van der Waals surface area (Å²) >= 11 is 1.68. The Morgan fingerprint density at radius 3 is 2.83 bits per heavy atom. The molecule has 0 aromatic carbocycles. The summed E-state index contributed by atoms with van der Waals surface area (Å²) < 4.78 is 0. The van der Waals surface area contributed by atoms with Crippen molar-refractivity contribution in [2.45, 2.75) is 37.8 Å². The summed E-state index contributed by atoms with van der Waals surface area (Å²) in [7, 11) is 1.60. The van der Waals surface area contributed by atoms with E-state index >= 15 is 0 Å². The number of likely N-dealkylation sites (N-methyl/N-ethyl adjacent to an activating group) is 1. The van der Waals surface area contributed by atoms with Crippen LogP contribution in [0.1, 0.15) is 25.7 Å². The van der Waals surface area contributed by atoms with Gasteiger partial charge in [-0.1, -0.05) is 0 Å². The van der Waals surface area contributed by atoms with Crippen LogP contribution in [-0.2, 0) is 9.59 Å². The van der Waals surface area contributed by atoms with Crippen LogP contribution in [0.15, 0.2) is 0 Å². The lowest BCUT2D eigenvalue weighted by Gasteiger charge is -2.36. The first-order valence-electron chi connectivity index (χ1n) is 6.38. The zero-order valence-electron chi connectivity index (χ0n) is 11.1. The fourth-order valence-corrected chi connectivity index (χ4v) is 2.71. The predicted octanol–water partition coefficient (Wildman–Crippen LogP) is 0.194. The molecule has 0 radical (unpaired) electrons. The molecular weight excluding hydrogens is 250 g/mol. The van der Waals surface area contributed by atoms with Gasteiger partial charge in [0.15, 0.2) is 0 Å². The van der Waals surface area contributed by atoms with Gasteiger partial charge in [-0.3, -0.25) is 9.59 Å². The molecule has 1 aliphatic heterocycles. The number of carbonyl (C=O) groups is 2. The minimum absolute atomic E-state index is 0.0832. The minimum Gasteiger partial charge on any atom is -0.357 e. The number of nitrogens with one attached hydrogen (secondary N) is 1. The third kappa shape index (κ3) is 3.88. The molecule has 1 fully saturated rings. The largest absolute Gasteiger partial charge is 0.357 e. The van der Waals surface area contributed by atoms with Gasteiger partial charge in [-0.05, 0) is 37.7 Å². The molecule has 0 spiro atoms. The fourth-order valence-electron chi connectivity index (χ4n) is 2.22. The maximum atomic E-state index is 12.2. The van der Waals surface area contributed by atoms with Crippen molar-refractivity contribution in [2.24, 2.45) is 5.73 Å². The van der Waals surface area contributed by atoms with Crippen molar-refractivity contribution in [3.05, 3.63) is 0 Å². The van der Waals surface area contributed by atoms with E-state index in [2.05, 4.69) is 5.32 Å². The molecule has 2 atom stereocenters. The number of nitrogens with zero attached hydrogens (tertiary/aromatic N) is 1. The molecule has 0 saturated carbocycles. The molecule has 2 amide bonds. The molecule has 3 N–H and O–H groups in total. The maximum absolute atomic E-state index is 12.2. The maximum Gasteiger partial charge on any atom is 0.242 e. The van der Waals surface area contributed by atoms with Crippen molar-refractivity contribution in [3.63, 3.8) is 0 Å². The van der Waals surface area contributed by atoms with Crippen molar-refractivity contribution in [1.29, 1.82) is 0 Å². The Morgan fingerprint density at radius 2 is 2.22 bits per heavy atom. The minimum atomic E-state index is -0.484. The van der Waals surface area contributed by atoms with Gasteiger partial charge in [0.25, 0.3) is 0 Å². The van der Waals surface area contributed by atoms with Gasteiger partial charge in [0, 0.05) is 13.6 Å². The zero-order chi connectivity index (χ0) is 13.5. The van der Waals surface area contributed by atoms with Crippen LogP contribution in [-0.4, -0.2) is 54.4 Å². The van der Waals surface area contributed by atoms with Gasteiger partial charge in [-0.15, -0.1) is 0 Å². The molecule has 1 heterocycles. The third-order valence-corrected chi connectivity index (χ3v) is 3.93. The SMILES string of the molecule is CNC(=O)C1CCCCN1C(=O)[C@H](N)CCSC. The Kier molecular flexibility index (Phi) is 6.49.